The van der Waals surface area contributed by atoms with Crippen molar-refractivity contribution in [3.05, 3.63) is 23.8 Å². The number of Topliss-reactive ketones (excluding diaryl/α,β-unsaturated/α-hetero) is 1. The topological polar surface area (TPSA) is 52.9 Å². The summed E-state index contributed by atoms with van der Waals surface area (Å²) in [5.41, 5.74) is 0.606. The molecule has 0 aromatic rings. The van der Waals surface area contributed by atoms with Crippen molar-refractivity contribution in [2.24, 2.45) is 56.2 Å². The van der Waals surface area contributed by atoms with E-state index in [4.69, 9.17) is 6.58 Å². The van der Waals surface area contributed by atoms with E-state index >= 15 is 0 Å². The summed E-state index contributed by atoms with van der Waals surface area (Å²) in [7, 11) is 0. The number of halogens is 3. The molecular formula is C34H49F3N2O. The number of hydrogen-bond donors (Lipinski definition) is 1. The van der Waals surface area contributed by atoms with Gasteiger partial charge in [0, 0.05) is 12.0 Å². The SMILES string of the molecule is C=C1C[C@@H]2[C@@]3(C)C=C(C#N)C(=O)C(C)(C)[C@@H]3CC[C@@]2(C)[C@]2(C)CC[C@@]3(CNCC(F)(F)F)CCC(C)(C)CC3C12. The number of carbonyl (C=O) groups is 1. The molecule has 0 saturated heterocycles. The molecule has 0 radical (unpaired) electrons. The van der Waals surface area contributed by atoms with Gasteiger partial charge >= 0.3 is 6.18 Å². The number of nitrogens with zero attached hydrogens (tertiary/aromatic N) is 1. The van der Waals surface area contributed by atoms with Crippen LogP contribution in [-0.4, -0.2) is 25.0 Å². The lowest BCUT2D eigenvalue weighted by atomic mass is 9.31. The van der Waals surface area contributed by atoms with E-state index in [-0.39, 0.29) is 50.6 Å². The summed E-state index contributed by atoms with van der Waals surface area (Å²) in [5.74, 6) is 0.945. The molecule has 8 atom stereocenters. The van der Waals surface area contributed by atoms with Gasteiger partial charge in [0.05, 0.1) is 12.1 Å². The highest BCUT2D eigenvalue weighted by molar-refractivity contribution is 6.04. The van der Waals surface area contributed by atoms with E-state index in [1.165, 1.54) is 5.57 Å². The number of rotatable bonds is 3. The number of fused-ring (bicyclic) bond motifs is 7. The van der Waals surface area contributed by atoms with Gasteiger partial charge in [0.1, 0.15) is 6.07 Å². The zero-order valence-electron chi connectivity index (χ0n) is 25.7. The largest absolute Gasteiger partial charge is 0.401 e. The molecule has 222 valence electrons. The molecule has 0 aromatic heterocycles. The smallest absolute Gasteiger partial charge is 0.308 e. The Hall–Kier alpha value is -1.61. The molecule has 0 bridgehead atoms. The predicted octanol–water partition coefficient (Wildman–Crippen LogP) is 8.42. The van der Waals surface area contributed by atoms with Crippen LogP contribution in [0.3, 0.4) is 0 Å². The molecule has 0 heterocycles. The third-order valence-corrected chi connectivity index (χ3v) is 13.6. The van der Waals surface area contributed by atoms with Crippen LogP contribution in [0.25, 0.3) is 0 Å². The van der Waals surface area contributed by atoms with E-state index in [1.807, 2.05) is 19.9 Å². The van der Waals surface area contributed by atoms with Gasteiger partial charge in [-0.15, -0.1) is 0 Å². The van der Waals surface area contributed by atoms with E-state index in [1.54, 1.807) is 0 Å². The summed E-state index contributed by atoms with van der Waals surface area (Å²) in [6, 6.07) is 2.24. The van der Waals surface area contributed by atoms with Gasteiger partial charge < -0.3 is 5.32 Å². The third-order valence-electron chi connectivity index (χ3n) is 13.6. The Morgan fingerprint density at radius 3 is 2.27 bits per heavy atom. The number of carbonyl (C=O) groups excluding carboxylic acids is 1. The number of nitrogens with one attached hydrogen (secondary N) is 1. The predicted molar refractivity (Wildman–Crippen MR) is 152 cm³/mol. The highest BCUT2D eigenvalue weighted by Gasteiger charge is 2.70. The Morgan fingerprint density at radius 2 is 1.65 bits per heavy atom. The van der Waals surface area contributed by atoms with E-state index in [2.05, 4.69) is 46.0 Å². The summed E-state index contributed by atoms with van der Waals surface area (Å²) in [5, 5.41) is 12.8. The third kappa shape index (κ3) is 4.10. The Labute approximate surface area is 239 Å². The van der Waals surface area contributed by atoms with E-state index < -0.39 is 18.1 Å². The minimum Gasteiger partial charge on any atom is -0.308 e. The molecule has 0 amide bonds. The van der Waals surface area contributed by atoms with Crippen LogP contribution >= 0.6 is 0 Å². The highest BCUT2D eigenvalue weighted by Crippen LogP contribution is 2.77. The van der Waals surface area contributed by atoms with Gasteiger partial charge in [-0.3, -0.25) is 4.79 Å². The quantitative estimate of drug-likeness (QED) is 0.354. The van der Waals surface area contributed by atoms with Crippen LogP contribution in [0.5, 0.6) is 0 Å². The van der Waals surface area contributed by atoms with Crippen LogP contribution in [-0.2, 0) is 4.79 Å². The van der Waals surface area contributed by atoms with Gasteiger partial charge in [0.25, 0.3) is 0 Å². The van der Waals surface area contributed by atoms with Crippen LogP contribution in [0.15, 0.2) is 23.8 Å². The maximum Gasteiger partial charge on any atom is 0.401 e. The van der Waals surface area contributed by atoms with Gasteiger partial charge in [0.2, 0.25) is 0 Å². The lowest BCUT2D eigenvalue weighted by molar-refractivity contribution is -0.211. The van der Waals surface area contributed by atoms with Gasteiger partial charge in [-0.25, -0.2) is 0 Å². The standard InChI is InChI=1S/C34H49F3N2O/c1-21-15-25-30(6)16-22(18-38)27(40)29(4,5)24(30)9-10-31(25,7)32(8)12-14-33(19-39-20-34(35,36)37)13-11-28(2,3)17-23(33)26(21)32/h16,23-26,39H,1,9-15,17,19-20H2,2-8H3/t23?,24-,25+,26?,30-,31+,32+,33+/m0/s1. The fraction of sp³-hybridized carbons (Fsp3) is 0.824. The molecule has 40 heavy (non-hydrogen) atoms. The number of hydrogen-bond acceptors (Lipinski definition) is 3. The molecule has 4 saturated carbocycles. The van der Waals surface area contributed by atoms with Crippen LogP contribution in [0, 0.1) is 67.5 Å². The fourth-order valence-corrected chi connectivity index (χ4v) is 11.4. The molecule has 5 aliphatic rings. The number of nitriles is 1. The molecule has 4 fully saturated rings. The summed E-state index contributed by atoms with van der Waals surface area (Å²) in [6.07, 6.45) is 5.57. The molecule has 2 unspecified atom stereocenters. The van der Waals surface area contributed by atoms with Crippen LogP contribution < -0.4 is 5.32 Å². The first kappa shape index (κ1) is 29.9. The summed E-state index contributed by atoms with van der Waals surface area (Å²) in [4.78, 5) is 13.3. The second-order valence-electron chi connectivity index (χ2n) is 16.5. The van der Waals surface area contributed by atoms with Crippen molar-refractivity contribution in [1.82, 2.24) is 5.32 Å². The van der Waals surface area contributed by atoms with Crippen molar-refractivity contribution in [1.29, 1.82) is 5.26 Å². The van der Waals surface area contributed by atoms with E-state index in [9.17, 15) is 23.2 Å². The van der Waals surface area contributed by atoms with Crippen molar-refractivity contribution in [3.8, 4) is 6.07 Å². The second-order valence-corrected chi connectivity index (χ2v) is 16.5. The van der Waals surface area contributed by atoms with Crippen molar-refractivity contribution in [2.45, 2.75) is 106 Å². The normalized spacial score (nSPS) is 45.8. The molecule has 6 heteroatoms. The van der Waals surface area contributed by atoms with Gasteiger partial charge in [-0.2, -0.15) is 18.4 Å². The van der Waals surface area contributed by atoms with Gasteiger partial charge in [-0.1, -0.05) is 66.7 Å². The molecule has 5 aliphatic carbocycles. The molecule has 0 spiro atoms. The van der Waals surface area contributed by atoms with Gasteiger partial charge in [0.15, 0.2) is 5.78 Å². The summed E-state index contributed by atoms with van der Waals surface area (Å²) < 4.78 is 39.5. The van der Waals surface area contributed by atoms with Crippen molar-refractivity contribution in [3.63, 3.8) is 0 Å². The first-order chi connectivity index (χ1) is 18.3. The second kappa shape index (κ2) is 8.95. The van der Waals surface area contributed by atoms with Crippen LogP contribution in [0.1, 0.15) is 99.8 Å². The molecular weight excluding hydrogens is 509 g/mol. The minimum atomic E-state index is -4.21. The first-order valence-corrected chi connectivity index (χ1v) is 15.4. The van der Waals surface area contributed by atoms with Crippen LogP contribution in [0.4, 0.5) is 13.2 Å². The maximum atomic E-state index is 13.3. The molecule has 5 rings (SSSR count). The average molecular weight is 559 g/mol. The average Bonchev–Trinajstić information content (AvgIpc) is 2.82. The van der Waals surface area contributed by atoms with Crippen LogP contribution in [0.2, 0.25) is 0 Å². The summed E-state index contributed by atoms with van der Waals surface area (Å²) >= 11 is 0. The fourth-order valence-electron chi connectivity index (χ4n) is 11.4. The van der Waals surface area contributed by atoms with Gasteiger partial charge in [-0.05, 0) is 102 Å². The molecule has 0 aliphatic heterocycles. The monoisotopic (exact) mass is 558 g/mol. The lowest BCUT2D eigenvalue weighted by Crippen LogP contribution is -2.67. The zero-order valence-corrected chi connectivity index (χ0v) is 25.7. The van der Waals surface area contributed by atoms with E-state index in [0.717, 1.165) is 51.4 Å². The number of ketones is 1. The molecule has 1 N–H and O–H groups in total. The Bertz CT molecular complexity index is 1180. The zero-order chi connectivity index (χ0) is 29.7. The lowest BCUT2D eigenvalue weighted by Gasteiger charge is -2.73. The number of allylic oxidation sites excluding steroid dienone is 3. The Kier molecular flexibility index (Phi) is 6.68. The van der Waals surface area contributed by atoms with Crippen molar-refractivity contribution in [2.75, 3.05) is 13.1 Å². The Morgan fingerprint density at radius 1 is 1.00 bits per heavy atom. The summed E-state index contributed by atoms with van der Waals surface area (Å²) in [6.45, 7) is 20.2. The Balaban J connectivity index is 1.57. The highest BCUT2D eigenvalue weighted by atomic mass is 19.4. The number of alkyl halides is 3. The van der Waals surface area contributed by atoms with Crippen molar-refractivity contribution < 1.29 is 18.0 Å². The minimum absolute atomic E-state index is 0.0230. The van der Waals surface area contributed by atoms with Crippen molar-refractivity contribution >= 4 is 5.78 Å². The molecule has 3 nitrogen and oxygen atoms in total. The molecule has 0 aromatic carbocycles. The first-order valence-electron chi connectivity index (χ1n) is 15.4. The van der Waals surface area contributed by atoms with E-state index in [0.29, 0.717) is 18.0 Å². The maximum absolute atomic E-state index is 13.3.